The van der Waals surface area contributed by atoms with E-state index in [0.29, 0.717) is 49.8 Å². The van der Waals surface area contributed by atoms with Gasteiger partial charge in [-0.3, -0.25) is 10.1 Å². The van der Waals surface area contributed by atoms with Gasteiger partial charge in [-0.1, -0.05) is 40.9 Å². The zero-order valence-electron chi connectivity index (χ0n) is 19.4. The minimum atomic E-state index is -0.413. The number of thiocarbonyl (C=S) groups is 1. The summed E-state index contributed by atoms with van der Waals surface area (Å²) in [5.41, 5.74) is 4.75. The maximum absolute atomic E-state index is 12.4. The Morgan fingerprint density at radius 2 is 1.78 bits per heavy atom. The second kappa shape index (κ2) is 10.6. The molecule has 0 bridgehead atoms. The monoisotopic (exact) mass is 547 g/mol. The zero-order valence-corrected chi connectivity index (χ0v) is 21.7. The number of amides is 1. The van der Waals surface area contributed by atoms with E-state index < -0.39 is 5.91 Å². The number of halogens is 2. The van der Waals surface area contributed by atoms with Gasteiger partial charge in [-0.25, -0.2) is 4.98 Å². The summed E-state index contributed by atoms with van der Waals surface area (Å²) in [6.45, 7) is 2.03. The molecule has 9 heteroatoms. The molecule has 0 saturated heterocycles. The smallest absolute Gasteiger partial charge is 0.250 e. The van der Waals surface area contributed by atoms with Crippen molar-refractivity contribution in [3.63, 3.8) is 0 Å². The molecular weight excluding hydrogens is 529 g/mol. The molecule has 5 rings (SSSR count). The number of carbonyl (C=O) groups is 1. The molecule has 0 saturated carbocycles. The van der Waals surface area contributed by atoms with Crippen molar-refractivity contribution in [1.29, 1.82) is 0 Å². The van der Waals surface area contributed by atoms with Gasteiger partial charge in [-0.2, -0.15) is 0 Å². The Bertz CT molecular complexity index is 1660. The number of aryl methyl sites for hydroxylation is 1. The third kappa shape index (κ3) is 5.91. The molecule has 5 aromatic rings. The molecule has 0 aliphatic rings. The van der Waals surface area contributed by atoms with Crippen LogP contribution in [0.5, 0.6) is 0 Å². The molecule has 2 aromatic heterocycles. The average Bonchev–Trinajstić information content (AvgIpc) is 3.50. The van der Waals surface area contributed by atoms with Crippen molar-refractivity contribution in [3.8, 4) is 22.8 Å². The molecule has 0 unspecified atom stereocenters. The maximum Gasteiger partial charge on any atom is 0.250 e. The Hall–Kier alpha value is -3.91. The molecule has 0 fully saturated rings. The fraction of sp³-hybridized carbons (Fsp3) is 0.0357. The lowest BCUT2D eigenvalue weighted by atomic mass is 10.1. The van der Waals surface area contributed by atoms with Crippen LogP contribution in [0.2, 0.25) is 10.0 Å². The third-order valence-electron chi connectivity index (χ3n) is 5.40. The first-order valence-electron chi connectivity index (χ1n) is 11.2. The van der Waals surface area contributed by atoms with Crippen LogP contribution in [0.4, 0.5) is 5.69 Å². The van der Waals surface area contributed by atoms with E-state index in [1.807, 2.05) is 31.2 Å². The van der Waals surface area contributed by atoms with Gasteiger partial charge in [-0.05, 0) is 85.9 Å². The maximum atomic E-state index is 12.4. The zero-order chi connectivity index (χ0) is 25.9. The number of hydrogen-bond donors (Lipinski definition) is 2. The lowest BCUT2D eigenvalue weighted by Gasteiger charge is -2.07. The minimum absolute atomic E-state index is 0.143. The minimum Gasteiger partial charge on any atom is -0.457 e. The van der Waals surface area contributed by atoms with Crippen molar-refractivity contribution in [2.24, 2.45) is 0 Å². The number of carbonyl (C=O) groups excluding carboxylic acids is 1. The number of anilines is 1. The van der Waals surface area contributed by atoms with Crippen LogP contribution in [0.25, 0.3) is 40.0 Å². The van der Waals surface area contributed by atoms with Gasteiger partial charge in [0.2, 0.25) is 11.8 Å². The van der Waals surface area contributed by atoms with Crippen molar-refractivity contribution in [2.45, 2.75) is 6.92 Å². The predicted molar refractivity (Wildman–Crippen MR) is 152 cm³/mol. The van der Waals surface area contributed by atoms with Gasteiger partial charge in [-0.15, -0.1) is 0 Å². The summed E-state index contributed by atoms with van der Waals surface area (Å²) in [7, 11) is 0. The molecule has 0 aliphatic carbocycles. The summed E-state index contributed by atoms with van der Waals surface area (Å²) in [4.78, 5) is 16.9. The van der Waals surface area contributed by atoms with E-state index in [-0.39, 0.29) is 5.11 Å². The van der Waals surface area contributed by atoms with Crippen LogP contribution in [0.3, 0.4) is 0 Å². The highest BCUT2D eigenvalue weighted by Crippen LogP contribution is 2.32. The van der Waals surface area contributed by atoms with E-state index in [2.05, 4.69) is 15.6 Å². The second-order valence-electron chi connectivity index (χ2n) is 8.17. The van der Waals surface area contributed by atoms with Crippen molar-refractivity contribution in [3.05, 3.63) is 100 Å². The van der Waals surface area contributed by atoms with E-state index in [1.54, 1.807) is 54.6 Å². The topological polar surface area (TPSA) is 80.3 Å². The number of benzene rings is 3. The Morgan fingerprint density at radius 1 is 0.973 bits per heavy atom. The van der Waals surface area contributed by atoms with Crippen molar-refractivity contribution in [1.82, 2.24) is 10.3 Å². The van der Waals surface area contributed by atoms with Gasteiger partial charge in [0.25, 0.3) is 0 Å². The van der Waals surface area contributed by atoms with Gasteiger partial charge < -0.3 is 14.2 Å². The highest BCUT2D eigenvalue weighted by molar-refractivity contribution is 7.80. The van der Waals surface area contributed by atoms with Gasteiger partial charge in [0.1, 0.15) is 17.0 Å². The Labute approximate surface area is 227 Å². The molecule has 0 atom stereocenters. The second-order valence-corrected chi connectivity index (χ2v) is 9.42. The van der Waals surface area contributed by atoms with Crippen LogP contribution >= 0.6 is 35.4 Å². The van der Waals surface area contributed by atoms with Gasteiger partial charge in [0.05, 0.1) is 5.02 Å². The summed E-state index contributed by atoms with van der Waals surface area (Å²) in [5.74, 6) is 1.17. The van der Waals surface area contributed by atoms with E-state index in [0.717, 1.165) is 11.1 Å². The first-order chi connectivity index (χ1) is 17.8. The molecule has 1 amide bonds. The van der Waals surface area contributed by atoms with Crippen LogP contribution in [0.15, 0.2) is 87.7 Å². The number of furan rings is 1. The van der Waals surface area contributed by atoms with Crippen LogP contribution in [-0.2, 0) is 4.79 Å². The van der Waals surface area contributed by atoms with Crippen LogP contribution in [-0.4, -0.2) is 16.0 Å². The number of rotatable bonds is 5. The first kappa shape index (κ1) is 24.8. The largest absolute Gasteiger partial charge is 0.457 e. The fourth-order valence-electron chi connectivity index (χ4n) is 3.57. The lowest BCUT2D eigenvalue weighted by Crippen LogP contribution is -2.32. The van der Waals surface area contributed by atoms with Crippen molar-refractivity contribution >= 4 is 69.3 Å². The summed E-state index contributed by atoms with van der Waals surface area (Å²) < 4.78 is 11.6. The number of nitrogens with zero attached hydrogens (tertiary/aromatic N) is 1. The number of aromatic nitrogens is 1. The third-order valence-corrected chi connectivity index (χ3v) is 6.15. The predicted octanol–water partition coefficient (Wildman–Crippen LogP) is 7.90. The molecule has 184 valence electrons. The average molecular weight is 548 g/mol. The van der Waals surface area contributed by atoms with Crippen LogP contribution in [0.1, 0.15) is 11.3 Å². The summed E-state index contributed by atoms with van der Waals surface area (Å²) >= 11 is 17.5. The van der Waals surface area contributed by atoms with Crippen LogP contribution in [0, 0.1) is 6.92 Å². The van der Waals surface area contributed by atoms with Gasteiger partial charge in [0, 0.05) is 27.9 Å². The quantitative estimate of drug-likeness (QED) is 0.172. The van der Waals surface area contributed by atoms with E-state index in [1.165, 1.54) is 6.08 Å². The molecule has 37 heavy (non-hydrogen) atoms. The van der Waals surface area contributed by atoms with Gasteiger partial charge >= 0.3 is 0 Å². The van der Waals surface area contributed by atoms with E-state index >= 15 is 0 Å². The summed E-state index contributed by atoms with van der Waals surface area (Å²) in [6.07, 6.45) is 2.87. The molecular formula is C28H19Cl2N3O3S. The standard InChI is InChI=1S/C28H19Cl2N3O3S/c1-16-2-4-17(5-3-16)27-32-23-15-19(7-11-25(23)36-27)31-28(37)33-26(34)13-9-20-8-12-24(35-20)21-10-6-18(29)14-22(21)30/h2-15H,1H3,(H2,31,33,34,37)/b13-9+. The molecule has 2 N–H and O–H groups in total. The Kier molecular flexibility index (Phi) is 7.10. The highest BCUT2D eigenvalue weighted by Gasteiger charge is 2.11. The first-order valence-corrected chi connectivity index (χ1v) is 12.3. The van der Waals surface area contributed by atoms with Crippen molar-refractivity contribution in [2.75, 3.05) is 5.32 Å². The van der Waals surface area contributed by atoms with E-state index in [4.69, 9.17) is 44.3 Å². The fourth-order valence-corrected chi connectivity index (χ4v) is 4.30. The Morgan fingerprint density at radius 3 is 2.57 bits per heavy atom. The molecule has 6 nitrogen and oxygen atoms in total. The Balaban J connectivity index is 1.20. The van der Waals surface area contributed by atoms with E-state index in [9.17, 15) is 4.79 Å². The number of oxazole rings is 1. The molecule has 2 heterocycles. The van der Waals surface area contributed by atoms with Crippen LogP contribution < -0.4 is 10.6 Å². The molecule has 0 spiro atoms. The SMILES string of the molecule is Cc1ccc(-c2nc3cc(NC(=S)NC(=O)/C=C/c4ccc(-c5ccc(Cl)cc5Cl)o4)ccc3o2)cc1. The number of hydrogen-bond acceptors (Lipinski definition) is 5. The summed E-state index contributed by atoms with van der Waals surface area (Å²) in [5, 5.41) is 6.75. The van der Waals surface area contributed by atoms with Gasteiger partial charge in [0.15, 0.2) is 10.7 Å². The van der Waals surface area contributed by atoms with Crippen molar-refractivity contribution < 1.29 is 13.6 Å². The number of fused-ring (bicyclic) bond motifs is 1. The number of nitrogens with one attached hydrogen (secondary N) is 2. The molecule has 3 aromatic carbocycles. The lowest BCUT2D eigenvalue weighted by molar-refractivity contribution is -0.115. The molecule has 0 aliphatic heterocycles. The normalized spacial score (nSPS) is 11.2. The molecule has 0 radical (unpaired) electrons. The highest BCUT2D eigenvalue weighted by atomic mass is 35.5. The summed E-state index contributed by atoms with van der Waals surface area (Å²) in [6, 6.07) is 22.0.